The molecular formula is C12H15ClO5S2. The highest BCUT2D eigenvalue weighted by Gasteiger charge is 2.26. The van der Waals surface area contributed by atoms with Crippen molar-refractivity contribution >= 4 is 36.5 Å². The first kappa shape index (κ1) is 17.1. The summed E-state index contributed by atoms with van der Waals surface area (Å²) in [4.78, 5) is 10.7. The highest BCUT2D eigenvalue weighted by Crippen LogP contribution is 2.27. The minimum atomic E-state index is -3.80. The second kappa shape index (κ2) is 5.83. The maximum absolute atomic E-state index is 12.0. The quantitative estimate of drug-likeness (QED) is 0.764. The van der Waals surface area contributed by atoms with Gasteiger partial charge in [-0.25, -0.2) is 16.8 Å². The van der Waals surface area contributed by atoms with Crippen LogP contribution in [0.5, 0.6) is 0 Å². The third-order valence-electron chi connectivity index (χ3n) is 2.88. The summed E-state index contributed by atoms with van der Waals surface area (Å²) in [5, 5.41) is -0.813. The van der Waals surface area contributed by atoms with E-state index in [1.165, 1.54) is 13.0 Å². The molecule has 0 aliphatic rings. The fraction of sp³-hybridized carbons (Fsp3) is 0.417. The Balaban J connectivity index is 3.89. The second-order valence-corrected chi connectivity index (χ2v) is 8.83. The number of carbonyl (C=O) groups excluding carboxylic acids is 1. The summed E-state index contributed by atoms with van der Waals surface area (Å²) in [6.07, 6.45) is 1.26. The van der Waals surface area contributed by atoms with E-state index < -0.39 is 24.9 Å². The maximum atomic E-state index is 12.0. The van der Waals surface area contributed by atoms with Crippen LogP contribution in [-0.4, -0.2) is 34.1 Å². The van der Waals surface area contributed by atoms with Gasteiger partial charge in [-0.1, -0.05) is 13.8 Å². The van der Waals surface area contributed by atoms with Crippen LogP contribution in [0, 0.1) is 0 Å². The smallest absolute Gasteiger partial charge is 0.252 e. The van der Waals surface area contributed by atoms with Crippen LogP contribution in [0.2, 0.25) is 0 Å². The van der Waals surface area contributed by atoms with Crippen LogP contribution in [0.3, 0.4) is 0 Å². The van der Waals surface area contributed by atoms with Gasteiger partial charge in [0.2, 0.25) is 0 Å². The summed E-state index contributed by atoms with van der Waals surface area (Å²) in [5.74, 6) is -0.229. The Labute approximate surface area is 123 Å². The predicted molar refractivity (Wildman–Crippen MR) is 76.8 cm³/mol. The molecular weight excluding hydrogens is 324 g/mol. The van der Waals surface area contributed by atoms with E-state index in [0.717, 1.165) is 12.3 Å². The van der Waals surface area contributed by atoms with Gasteiger partial charge in [0.05, 0.1) is 15.5 Å². The fourth-order valence-corrected chi connectivity index (χ4v) is 4.53. The molecule has 0 amide bonds. The van der Waals surface area contributed by atoms with Gasteiger partial charge in [-0.2, -0.15) is 0 Å². The molecule has 0 spiro atoms. The molecule has 0 unspecified atom stereocenters. The summed E-state index contributed by atoms with van der Waals surface area (Å²) >= 11 is 5.43. The lowest BCUT2D eigenvalue weighted by atomic mass is 10.1. The number of benzene rings is 1. The Kier molecular flexibility index (Phi) is 4.99. The number of rotatable bonds is 5. The largest absolute Gasteiger partial charge is 0.276 e. The lowest BCUT2D eigenvalue weighted by Crippen LogP contribution is -2.13. The molecule has 0 heterocycles. The highest BCUT2D eigenvalue weighted by atomic mass is 35.5. The lowest BCUT2D eigenvalue weighted by Gasteiger charge is -2.12. The highest BCUT2D eigenvalue weighted by molar-refractivity contribution is 7.94. The molecule has 1 aromatic rings. The maximum Gasteiger partial charge on any atom is 0.252 e. The molecule has 0 radical (unpaired) electrons. The monoisotopic (exact) mass is 338 g/mol. The number of halogens is 1. The molecule has 0 atom stereocenters. The molecule has 1 rings (SSSR count). The summed E-state index contributed by atoms with van der Waals surface area (Å²) in [5.41, 5.74) is 0.425. The van der Waals surface area contributed by atoms with E-state index in [9.17, 15) is 21.6 Å². The van der Waals surface area contributed by atoms with Gasteiger partial charge in [0.25, 0.3) is 5.24 Å². The third kappa shape index (κ3) is 3.39. The molecule has 5 nitrogen and oxygen atoms in total. The van der Waals surface area contributed by atoms with Gasteiger partial charge in [-0.15, -0.1) is 0 Å². The van der Waals surface area contributed by atoms with Gasteiger partial charge in [0.1, 0.15) is 0 Å². The van der Waals surface area contributed by atoms with Crippen molar-refractivity contribution in [2.24, 2.45) is 0 Å². The molecule has 0 bridgehead atoms. The van der Waals surface area contributed by atoms with Crippen molar-refractivity contribution in [1.29, 1.82) is 0 Å². The molecule has 0 aliphatic carbocycles. The SMILES string of the molecule is CCc1cc(S(=O)(=O)CC)c(S(C)(=O)=O)cc1C(=O)Cl. The van der Waals surface area contributed by atoms with Crippen molar-refractivity contribution in [3.63, 3.8) is 0 Å². The van der Waals surface area contributed by atoms with Gasteiger partial charge in [-0.3, -0.25) is 4.79 Å². The lowest BCUT2D eigenvalue weighted by molar-refractivity contribution is 0.108. The van der Waals surface area contributed by atoms with Gasteiger partial charge in [0.15, 0.2) is 19.7 Å². The van der Waals surface area contributed by atoms with Crippen molar-refractivity contribution in [2.45, 2.75) is 30.1 Å². The molecule has 112 valence electrons. The zero-order valence-electron chi connectivity index (χ0n) is 11.3. The Morgan fingerprint density at radius 3 is 2.00 bits per heavy atom. The molecule has 0 N–H and O–H groups in total. The first-order valence-corrected chi connectivity index (χ1v) is 9.76. The number of aryl methyl sites for hydroxylation is 1. The molecule has 8 heteroatoms. The molecule has 0 aromatic heterocycles. The predicted octanol–water partition coefficient (Wildman–Crippen LogP) is 1.83. The zero-order valence-corrected chi connectivity index (χ0v) is 13.7. The van der Waals surface area contributed by atoms with Gasteiger partial charge in [0, 0.05) is 11.8 Å². The van der Waals surface area contributed by atoms with Gasteiger partial charge < -0.3 is 0 Å². The van der Waals surface area contributed by atoms with Crippen molar-refractivity contribution < 1.29 is 21.6 Å². The van der Waals surface area contributed by atoms with E-state index >= 15 is 0 Å². The van der Waals surface area contributed by atoms with Crippen molar-refractivity contribution in [2.75, 3.05) is 12.0 Å². The number of carbonyl (C=O) groups is 1. The van der Waals surface area contributed by atoms with E-state index in [1.807, 2.05) is 0 Å². The molecule has 0 saturated heterocycles. The topological polar surface area (TPSA) is 85.3 Å². The molecule has 1 aromatic carbocycles. The van der Waals surface area contributed by atoms with Crippen LogP contribution in [-0.2, 0) is 26.1 Å². The van der Waals surface area contributed by atoms with E-state index in [2.05, 4.69) is 0 Å². The van der Waals surface area contributed by atoms with Crippen molar-refractivity contribution in [1.82, 2.24) is 0 Å². The minimum Gasteiger partial charge on any atom is -0.276 e. The van der Waals surface area contributed by atoms with Crippen LogP contribution in [0.4, 0.5) is 0 Å². The van der Waals surface area contributed by atoms with Crippen LogP contribution in [0.25, 0.3) is 0 Å². The number of hydrogen-bond acceptors (Lipinski definition) is 5. The average molecular weight is 339 g/mol. The van der Waals surface area contributed by atoms with Crippen LogP contribution in [0.15, 0.2) is 21.9 Å². The molecule has 0 saturated carbocycles. The molecule has 20 heavy (non-hydrogen) atoms. The molecule has 0 aliphatic heterocycles. The Morgan fingerprint density at radius 2 is 1.65 bits per heavy atom. The van der Waals surface area contributed by atoms with Crippen LogP contribution < -0.4 is 0 Å². The fourth-order valence-electron chi connectivity index (χ4n) is 1.77. The average Bonchev–Trinajstić information content (AvgIpc) is 2.35. The van der Waals surface area contributed by atoms with Gasteiger partial charge >= 0.3 is 0 Å². The van der Waals surface area contributed by atoms with E-state index in [1.54, 1.807) is 6.92 Å². The summed E-state index contributed by atoms with van der Waals surface area (Å²) < 4.78 is 47.6. The molecule has 0 fully saturated rings. The standard InChI is InChI=1S/C12H15ClO5S2/c1-4-8-6-11(20(17,18)5-2)10(19(3,15)16)7-9(8)12(13)14/h6-7H,4-5H2,1-3H3. The zero-order chi connectivity index (χ0) is 15.7. The Hall–Kier alpha value is -0.920. The minimum absolute atomic E-state index is 0.0182. The number of sulfone groups is 2. The van der Waals surface area contributed by atoms with E-state index in [-0.39, 0.29) is 21.1 Å². The van der Waals surface area contributed by atoms with Crippen molar-refractivity contribution in [3.05, 3.63) is 23.3 Å². The van der Waals surface area contributed by atoms with Gasteiger partial charge in [-0.05, 0) is 35.7 Å². The van der Waals surface area contributed by atoms with Crippen molar-refractivity contribution in [3.8, 4) is 0 Å². The summed E-state index contributed by atoms with van der Waals surface area (Å²) in [7, 11) is -7.52. The summed E-state index contributed by atoms with van der Waals surface area (Å²) in [6.45, 7) is 3.15. The third-order valence-corrected chi connectivity index (χ3v) is 6.11. The Morgan fingerprint density at radius 1 is 1.10 bits per heavy atom. The second-order valence-electron chi connectivity index (χ2n) is 4.26. The van der Waals surface area contributed by atoms with Crippen LogP contribution >= 0.6 is 11.6 Å². The Bertz CT molecular complexity index is 748. The van der Waals surface area contributed by atoms with E-state index in [4.69, 9.17) is 11.6 Å². The summed E-state index contributed by atoms with van der Waals surface area (Å²) in [6, 6.07) is 2.27. The number of hydrogen-bond donors (Lipinski definition) is 0. The van der Waals surface area contributed by atoms with Crippen LogP contribution in [0.1, 0.15) is 29.8 Å². The normalized spacial score (nSPS) is 12.4. The first-order valence-electron chi connectivity index (χ1n) is 5.84. The first-order chi connectivity index (χ1) is 9.04. The van der Waals surface area contributed by atoms with E-state index in [0.29, 0.717) is 12.0 Å².